The van der Waals surface area contributed by atoms with Crippen LogP contribution in [0, 0.1) is 0 Å². The molecule has 1 spiro atoms. The summed E-state index contributed by atoms with van der Waals surface area (Å²) >= 11 is 11.9. The van der Waals surface area contributed by atoms with Crippen molar-refractivity contribution >= 4 is 46.5 Å². The van der Waals surface area contributed by atoms with Crippen molar-refractivity contribution in [2.24, 2.45) is 0 Å². The van der Waals surface area contributed by atoms with E-state index in [1.165, 1.54) is 0 Å². The monoisotopic (exact) mass is 511 g/mol. The third kappa shape index (κ3) is 3.44. The molecule has 3 aromatic rings. The molecule has 178 valence electrons. The molecular formula is C25H19Cl2N3O5. The topological polar surface area (TPSA) is 89.1 Å². The molecule has 1 atom stereocenters. The molecule has 0 aromatic heterocycles. The minimum atomic E-state index is -0.977. The number of nitrogens with zero attached hydrogens (tertiary/aromatic N) is 1. The van der Waals surface area contributed by atoms with Gasteiger partial charge < -0.3 is 29.7 Å². The normalized spacial score (nSPS) is 18.9. The number of amides is 3. The van der Waals surface area contributed by atoms with Crippen LogP contribution < -0.4 is 29.7 Å². The SMILES string of the molecule is O=C(NCCN1C(=O)C2(COc3cc4c(cc32)OCO4)c2ccccc21)Nc1ccc(Cl)c(Cl)c1. The number of nitrogens with one attached hydrogen (secondary N) is 2. The number of hydrogen-bond acceptors (Lipinski definition) is 5. The van der Waals surface area contributed by atoms with Gasteiger partial charge in [-0.1, -0.05) is 41.4 Å². The summed E-state index contributed by atoms with van der Waals surface area (Å²) in [6.45, 7) is 0.838. The maximum Gasteiger partial charge on any atom is 0.319 e. The summed E-state index contributed by atoms with van der Waals surface area (Å²) in [5, 5.41) is 6.24. The number of urea groups is 1. The molecule has 3 aliphatic rings. The van der Waals surface area contributed by atoms with Crippen LogP contribution in [0.1, 0.15) is 11.1 Å². The zero-order valence-corrected chi connectivity index (χ0v) is 19.8. The number of hydrogen-bond donors (Lipinski definition) is 2. The average Bonchev–Trinajstić information content (AvgIpc) is 3.52. The number of ether oxygens (including phenoxy) is 3. The van der Waals surface area contributed by atoms with Crippen LogP contribution >= 0.6 is 23.2 Å². The second-order valence-electron chi connectivity index (χ2n) is 8.38. The molecule has 0 saturated heterocycles. The summed E-state index contributed by atoms with van der Waals surface area (Å²) in [6.07, 6.45) is 0. The summed E-state index contributed by atoms with van der Waals surface area (Å²) in [6, 6.07) is 15.7. The Morgan fingerprint density at radius 1 is 0.943 bits per heavy atom. The van der Waals surface area contributed by atoms with E-state index in [0.29, 0.717) is 33.0 Å². The Bertz CT molecular complexity index is 1380. The van der Waals surface area contributed by atoms with Crippen molar-refractivity contribution in [3.63, 3.8) is 0 Å². The summed E-state index contributed by atoms with van der Waals surface area (Å²) in [4.78, 5) is 28.0. The molecule has 8 nitrogen and oxygen atoms in total. The van der Waals surface area contributed by atoms with Crippen LogP contribution in [0.15, 0.2) is 54.6 Å². The van der Waals surface area contributed by atoms with Crippen LogP contribution in [0.4, 0.5) is 16.2 Å². The van der Waals surface area contributed by atoms with Crippen molar-refractivity contribution in [2.45, 2.75) is 5.41 Å². The van der Waals surface area contributed by atoms with Crippen LogP contribution in [0.25, 0.3) is 0 Å². The van der Waals surface area contributed by atoms with E-state index < -0.39 is 11.4 Å². The van der Waals surface area contributed by atoms with E-state index in [4.69, 9.17) is 37.4 Å². The zero-order chi connectivity index (χ0) is 24.2. The molecule has 0 aliphatic carbocycles. The molecule has 0 bridgehead atoms. The molecule has 3 aromatic carbocycles. The van der Waals surface area contributed by atoms with Crippen molar-refractivity contribution in [3.8, 4) is 17.2 Å². The molecular weight excluding hydrogens is 493 g/mol. The molecule has 6 rings (SSSR count). The van der Waals surface area contributed by atoms with Crippen molar-refractivity contribution < 1.29 is 23.8 Å². The van der Waals surface area contributed by atoms with Gasteiger partial charge in [-0.15, -0.1) is 0 Å². The van der Waals surface area contributed by atoms with Crippen LogP contribution in [0.2, 0.25) is 10.0 Å². The van der Waals surface area contributed by atoms with E-state index in [-0.39, 0.29) is 32.4 Å². The largest absolute Gasteiger partial charge is 0.491 e. The van der Waals surface area contributed by atoms with E-state index >= 15 is 0 Å². The Kier molecular flexibility index (Phi) is 5.16. The average molecular weight is 512 g/mol. The van der Waals surface area contributed by atoms with Crippen LogP contribution in [0.5, 0.6) is 17.2 Å². The fourth-order valence-corrected chi connectivity index (χ4v) is 5.12. The highest BCUT2D eigenvalue weighted by molar-refractivity contribution is 6.42. The highest BCUT2D eigenvalue weighted by atomic mass is 35.5. The first kappa shape index (κ1) is 21.9. The second kappa shape index (κ2) is 8.25. The third-order valence-electron chi connectivity index (χ3n) is 6.44. The van der Waals surface area contributed by atoms with Gasteiger partial charge >= 0.3 is 6.03 Å². The Morgan fingerprint density at radius 3 is 2.57 bits per heavy atom. The standard InChI is InChI=1S/C25H19Cl2N3O5/c26-17-6-5-14(9-18(17)27)29-24(32)28-7-8-30-19-4-2-1-3-15(19)25(23(30)31)12-33-20-11-22-21(10-16(20)25)34-13-35-22/h1-6,9-11H,7-8,12-13H2,(H2,28,29,32). The van der Waals surface area contributed by atoms with Gasteiger partial charge in [0.1, 0.15) is 17.8 Å². The van der Waals surface area contributed by atoms with Gasteiger partial charge in [-0.2, -0.15) is 0 Å². The number of anilines is 2. The smallest absolute Gasteiger partial charge is 0.319 e. The maximum atomic E-state index is 13.9. The van der Waals surface area contributed by atoms with Gasteiger partial charge in [0.05, 0.1) is 10.0 Å². The highest BCUT2D eigenvalue weighted by Gasteiger charge is 2.57. The van der Waals surface area contributed by atoms with Crippen molar-refractivity contribution in [1.29, 1.82) is 0 Å². The maximum absolute atomic E-state index is 13.9. The molecule has 10 heteroatoms. The minimum Gasteiger partial charge on any atom is -0.491 e. The molecule has 1 unspecified atom stereocenters. The fraction of sp³-hybridized carbons (Fsp3) is 0.200. The van der Waals surface area contributed by atoms with E-state index in [1.807, 2.05) is 30.3 Å². The number of carbonyl (C=O) groups excluding carboxylic acids is 2. The predicted molar refractivity (Wildman–Crippen MR) is 131 cm³/mol. The van der Waals surface area contributed by atoms with Crippen LogP contribution in [-0.4, -0.2) is 38.4 Å². The summed E-state index contributed by atoms with van der Waals surface area (Å²) < 4.78 is 17.0. The third-order valence-corrected chi connectivity index (χ3v) is 7.18. The highest BCUT2D eigenvalue weighted by Crippen LogP contribution is 2.54. The molecule has 2 N–H and O–H groups in total. The first-order chi connectivity index (χ1) is 17.0. The first-order valence-corrected chi connectivity index (χ1v) is 11.7. The number of rotatable bonds is 4. The van der Waals surface area contributed by atoms with Gasteiger partial charge in [0.2, 0.25) is 12.7 Å². The number of benzene rings is 3. The number of halogens is 2. The van der Waals surface area contributed by atoms with Crippen molar-refractivity contribution in [3.05, 3.63) is 75.8 Å². The lowest BCUT2D eigenvalue weighted by atomic mass is 9.77. The quantitative estimate of drug-likeness (QED) is 0.535. The van der Waals surface area contributed by atoms with E-state index in [0.717, 1.165) is 16.8 Å². The zero-order valence-electron chi connectivity index (χ0n) is 18.3. The Hall–Kier alpha value is -3.62. The summed E-state index contributed by atoms with van der Waals surface area (Å²) in [5.41, 5.74) is 1.94. The number of fused-ring (bicyclic) bond motifs is 5. The van der Waals surface area contributed by atoms with E-state index in [2.05, 4.69) is 10.6 Å². The van der Waals surface area contributed by atoms with Gasteiger partial charge in [0.15, 0.2) is 11.5 Å². The number of carbonyl (C=O) groups is 2. The van der Waals surface area contributed by atoms with Gasteiger partial charge in [0.25, 0.3) is 0 Å². The Morgan fingerprint density at radius 2 is 1.74 bits per heavy atom. The first-order valence-electron chi connectivity index (χ1n) is 11.0. The van der Waals surface area contributed by atoms with Crippen LogP contribution in [0.3, 0.4) is 0 Å². The predicted octanol–water partition coefficient (Wildman–Crippen LogP) is 4.57. The Labute approximate surface area is 210 Å². The van der Waals surface area contributed by atoms with Gasteiger partial charge in [-0.05, 0) is 35.9 Å². The fourth-order valence-electron chi connectivity index (χ4n) is 4.82. The molecule has 3 amide bonds. The lowest BCUT2D eigenvalue weighted by Crippen LogP contribution is -2.45. The van der Waals surface area contributed by atoms with Crippen molar-refractivity contribution in [1.82, 2.24) is 5.32 Å². The molecule has 3 heterocycles. The molecule has 0 saturated carbocycles. The Balaban J connectivity index is 1.22. The lowest BCUT2D eigenvalue weighted by Gasteiger charge is -2.23. The molecule has 0 radical (unpaired) electrons. The second-order valence-corrected chi connectivity index (χ2v) is 9.19. The van der Waals surface area contributed by atoms with Gasteiger partial charge in [0, 0.05) is 36.1 Å². The summed E-state index contributed by atoms with van der Waals surface area (Å²) in [7, 11) is 0. The number of para-hydroxylation sites is 1. The molecule has 3 aliphatic heterocycles. The van der Waals surface area contributed by atoms with E-state index in [9.17, 15) is 9.59 Å². The van der Waals surface area contributed by atoms with Crippen LogP contribution in [-0.2, 0) is 10.2 Å². The molecule has 0 fully saturated rings. The van der Waals surface area contributed by atoms with Gasteiger partial charge in [-0.25, -0.2) is 4.79 Å². The lowest BCUT2D eigenvalue weighted by molar-refractivity contribution is -0.122. The van der Waals surface area contributed by atoms with Gasteiger partial charge in [-0.3, -0.25) is 4.79 Å². The minimum absolute atomic E-state index is 0.108. The van der Waals surface area contributed by atoms with E-state index in [1.54, 1.807) is 29.2 Å². The van der Waals surface area contributed by atoms with Crippen molar-refractivity contribution in [2.75, 3.05) is 36.7 Å². The molecule has 35 heavy (non-hydrogen) atoms. The summed E-state index contributed by atoms with van der Waals surface area (Å²) in [5.74, 6) is 1.70.